The van der Waals surface area contributed by atoms with Gasteiger partial charge in [-0.2, -0.15) is 0 Å². The molecule has 0 unspecified atom stereocenters. The molecule has 1 aliphatic rings. The topological polar surface area (TPSA) is 70.8 Å². The number of halogens is 1. The Hall–Kier alpha value is -2.63. The van der Waals surface area contributed by atoms with E-state index in [1.807, 2.05) is 6.92 Å². The molecule has 1 aromatic carbocycles. The monoisotopic (exact) mass is 317 g/mol. The quantitative estimate of drug-likeness (QED) is 0.944. The predicted octanol–water partition coefficient (Wildman–Crippen LogP) is 3.14. The maximum absolute atomic E-state index is 13.0. The molecule has 1 aromatic heterocycles. The molecule has 120 valence electrons. The number of likely N-dealkylation sites (tertiary alicyclic amines) is 1. The highest BCUT2D eigenvalue weighted by molar-refractivity contribution is 5.94. The summed E-state index contributed by atoms with van der Waals surface area (Å²) >= 11 is 0. The van der Waals surface area contributed by atoms with Crippen molar-refractivity contribution in [3.05, 3.63) is 59.3 Å². The lowest BCUT2D eigenvalue weighted by Crippen LogP contribution is -2.33. The van der Waals surface area contributed by atoms with E-state index in [9.17, 15) is 14.0 Å². The van der Waals surface area contributed by atoms with Crippen LogP contribution in [0.25, 0.3) is 0 Å². The Bertz CT molecular complexity index is 737. The Morgan fingerprint density at radius 3 is 2.43 bits per heavy atom. The molecule has 6 heteroatoms. The fourth-order valence-electron chi connectivity index (χ4n) is 3.00. The van der Waals surface area contributed by atoms with Crippen molar-refractivity contribution in [2.75, 3.05) is 6.54 Å². The molecule has 23 heavy (non-hydrogen) atoms. The van der Waals surface area contributed by atoms with Gasteiger partial charge in [0.05, 0.1) is 0 Å². The average molecular weight is 317 g/mol. The van der Waals surface area contributed by atoms with E-state index in [-0.39, 0.29) is 35.2 Å². The molecule has 0 saturated carbocycles. The van der Waals surface area contributed by atoms with Crippen molar-refractivity contribution in [3.63, 3.8) is 0 Å². The Balaban J connectivity index is 1.76. The van der Waals surface area contributed by atoms with Crippen LogP contribution < -0.4 is 0 Å². The van der Waals surface area contributed by atoms with Gasteiger partial charge in [-0.1, -0.05) is 12.1 Å². The van der Waals surface area contributed by atoms with Crippen LogP contribution in [0.2, 0.25) is 0 Å². The molecule has 0 aliphatic carbocycles. The van der Waals surface area contributed by atoms with E-state index < -0.39 is 5.97 Å². The number of nitrogens with zero attached hydrogens (tertiary/aromatic N) is 1. The lowest BCUT2D eigenvalue weighted by Gasteiger charge is -2.20. The van der Waals surface area contributed by atoms with Gasteiger partial charge in [0.2, 0.25) is 5.76 Å². The second-order valence-electron chi connectivity index (χ2n) is 5.76. The Morgan fingerprint density at radius 2 is 1.83 bits per heavy atom. The summed E-state index contributed by atoms with van der Waals surface area (Å²) in [7, 11) is 0. The van der Waals surface area contributed by atoms with Gasteiger partial charge in [-0.3, -0.25) is 4.79 Å². The summed E-state index contributed by atoms with van der Waals surface area (Å²) in [5.74, 6) is -1.92. The molecule has 2 heterocycles. The van der Waals surface area contributed by atoms with Crippen LogP contribution in [-0.4, -0.2) is 34.5 Å². The van der Waals surface area contributed by atoms with Crippen LogP contribution in [0.4, 0.5) is 4.39 Å². The fraction of sp³-hybridized carbons (Fsp3) is 0.294. The van der Waals surface area contributed by atoms with E-state index >= 15 is 0 Å². The highest BCUT2D eigenvalue weighted by Crippen LogP contribution is 2.32. The summed E-state index contributed by atoms with van der Waals surface area (Å²) in [5, 5.41) is 8.86. The Kier molecular flexibility index (Phi) is 3.90. The second kappa shape index (κ2) is 5.87. The lowest BCUT2D eigenvalue weighted by molar-refractivity contribution is 0.0648. The summed E-state index contributed by atoms with van der Waals surface area (Å²) in [6, 6.07) is 8.94. The molecule has 1 N–H and O–H groups in total. The third-order valence-corrected chi connectivity index (χ3v) is 4.20. The molecule has 0 bridgehead atoms. The Morgan fingerprint density at radius 1 is 1.17 bits per heavy atom. The molecule has 1 fully saturated rings. The molecular formula is C17H16FNO4. The minimum Gasteiger partial charge on any atom is -0.475 e. The highest BCUT2D eigenvalue weighted by atomic mass is 19.1. The van der Waals surface area contributed by atoms with Gasteiger partial charge in [-0.25, -0.2) is 9.18 Å². The summed E-state index contributed by atoms with van der Waals surface area (Å²) < 4.78 is 18.1. The number of hydrogen-bond donors (Lipinski definition) is 1. The zero-order chi connectivity index (χ0) is 16.6. The first kappa shape index (κ1) is 15.3. The van der Waals surface area contributed by atoms with Crippen LogP contribution in [0.3, 0.4) is 0 Å². The summed E-state index contributed by atoms with van der Waals surface area (Å²) in [6.45, 7) is 2.43. The summed E-state index contributed by atoms with van der Waals surface area (Å²) in [5.41, 5.74) is 0.985. The van der Waals surface area contributed by atoms with E-state index in [1.54, 1.807) is 17.0 Å². The van der Waals surface area contributed by atoms with E-state index in [1.165, 1.54) is 24.3 Å². The van der Waals surface area contributed by atoms with Crippen molar-refractivity contribution in [1.29, 1.82) is 0 Å². The molecule has 0 radical (unpaired) electrons. The van der Waals surface area contributed by atoms with Gasteiger partial charge in [0, 0.05) is 18.5 Å². The highest BCUT2D eigenvalue weighted by Gasteiger charge is 2.35. The predicted molar refractivity (Wildman–Crippen MR) is 79.9 cm³/mol. The van der Waals surface area contributed by atoms with Crippen LogP contribution in [-0.2, 0) is 0 Å². The van der Waals surface area contributed by atoms with E-state index in [0.29, 0.717) is 6.54 Å². The molecule has 1 aliphatic heterocycles. The first-order chi connectivity index (χ1) is 11.0. The van der Waals surface area contributed by atoms with Gasteiger partial charge in [-0.15, -0.1) is 0 Å². The fourth-order valence-corrected chi connectivity index (χ4v) is 3.00. The standard InChI is InChI=1S/C17H16FNO4/c1-10-8-12(11-2-4-13(18)5-3-11)9-19(10)16(20)14-6-7-15(23-14)17(21)22/h2-7,10,12H,8-9H2,1H3,(H,21,22)/t10-,12-/m0/s1. The zero-order valence-corrected chi connectivity index (χ0v) is 12.5. The van der Waals surface area contributed by atoms with E-state index in [4.69, 9.17) is 9.52 Å². The number of hydrogen-bond acceptors (Lipinski definition) is 3. The normalized spacial score (nSPS) is 20.7. The maximum Gasteiger partial charge on any atom is 0.371 e. The smallest absolute Gasteiger partial charge is 0.371 e. The molecule has 2 aromatic rings. The summed E-state index contributed by atoms with van der Waals surface area (Å²) in [6.07, 6.45) is 0.768. The van der Waals surface area contributed by atoms with Gasteiger partial charge in [0.15, 0.2) is 5.76 Å². The number of aromatic carboxylic acids is 1. The van der Waals surface area contributed by atoms with E-state index in [2.05, 4.69) is 0 Å². The van der Waals surface area contributed by atoms with Gasteiger partial charge in [-0.05, 0) is 43.2 Å². The third-order valence-electron chi connectivity index (χ3n) is 4.20. The molecule has 5 nitrogen and oxygen atoms in total. The van der Waals surface area contributed by atoms with Gasteiger partial charge in [0.25, 0.3) is 5.91 Å². The molecule has 3 rings (SSSR count). The van der Waals surface area contributed by atoms with Crippen molar-refractivity contribution in [2.24, 2.45) is 0 Å². The molecule has 1 amide bonds. The number of carbonyl (C=O) groups is 2. The average Bonchev–Trinajstić information content (AvgIpc) is 3.14. The SMILES string of the molecule is C[C@H]1C[C@H](c2ccc(F)cc2)CN1C(=O)c1ccc(C(=O)O)o1. The van der Waals surface area contributed by atoms with Crippen molar-refractivity contribution in [2.45, 2.75) is 25.3 Å². The first-order valence-corrected chi connectivity index (χ1v) is 7.35. The molecular weight excluding hydrogens is 301 g/mol. The molecule has 2 atom stereocenters. The van der Waals surface area contributed by atoms with Crippen molar-refractivity contribution in [3.8, 4) is 0 Å². The van der Waals surface area contributed by atoms with Gasteiger partial charge < -0.3 is 14.4 Å². The van der Waals surface area contributed by atoms with Crippen molar-refractivity contribution in [1.82, 2.24) is 4.90 Å². The number of carbonyl (C=O) groups excluding carboxylic acids is 1. The number of carboxylic acids is 1. The first-order valence-electron chi connectivity index (χ1n) is 7.35. The maximum atomic E-state index is 13.0. The Labute approximate surface area is 132 Å². The second-order valence-corrected chi connectivity index (χ2v) is 5.76. The number of furan rings is 1. The van der Waals surface area contributed by atoms with Crippen LogP contribution >= 0.6 is 0 Å². The minimum absolute atomic E-state index is 0.00377. The van der Waals surface area contributed by atoms with Crippen LogP contribution in [0.1, 0.15) is 45.9 Å². The number of benzene rings is 1. The van der Waals surface area contributed by atoms with Crippen LogP contribution in [0.15, 0.2) is 40.8 Å². The minimum atomic E-state index is -1.21. The number of rotatable bonds is 3. The molecule has 0 spiro atoms. The van der Waals surface area contributed by atoms with Crippen LogP contribution in [0, 0.1) is 5.82 Å². The summed E-state index contributed by atoms with van der Waals surface area (Å²) in [4.78, 5) is 25.0. The lowest BCUT2D eigenvalue weighted by atomic mass is 9.97. The zero-order valence-electron chi connectivity index (χ0n) is 12.5. The van der Waals surface area contributed by atoms with Crippen molar-refractivity contribution >= 4 is 11.9 Å². The number of amides is 1. The largest absolute Gasteiger partial charge is 0.475 e. The van der Waals surface area contributed by atoms with Crippen LogP contribution in [0.5, 0.6) is 0 Å². The number of carboxylic acid groups (broad SMARTS) is 1. The van der Waals surface area contributed by atoms with E-state index in [0.717, 1.165) is 12.0 Å². The van der Waals surface area contributed by atoms with Gasteiger partial charge >= 0.3 is 5.97 Å². The van der Waals surface area contributed by atoms with Crippen molar-refractivity contribution < 1.29 is 23.5 Å². The van der Waals surface area contributed by atoms with Gasteiger partial charge in [0.1, 0.15) is 5.82 Å². The molecule has 1 saturated heterocycles. The third kappa shape index (κ3) is 2.97.